The van der Waals surface area contributed by atoms with Gasteiger partial charge in [0.05, 0.1) is 31.8 Å². The molecular weight excluding hydrogens is 378 g/mol. The second-order valence-corrected chi connectivity index (χ2v) is 6.66. The second-order valence-electron chi connectivity index (χ2n) is 6.66. The number of nitrogens with one attached hydrogen (secondary N) is 3. The maximum Gasteiger partial charge on any atom is 0.234 e. The highest BCUT2D eigenvalue weighted by Gasteiger charge is 2.10. The fourth-order valence-corrected chi connectivity index (χ4v) is 2.87. The van der Waals surface area contributed by atoms with E-state index >= 15 is 0 Å². The fraction of sp³-hybridized carbons (Fsp3) is 0.478. The van der Waals surface area contributed by atoms with E-state index in [9.17, 15) is 0 Å². The van der Waals surface area contributed by atoms with E-state index in [-0.39, 0.29) is 0 Å². The number of hydrazine groups is 1. The lowest BCUT2D eigenvalue weighted by Gasteiger charge is -2.18. The molecule has 1 aromatic heterocycles. The predicted molar refractivity (Wildman–Crippen MR) is 124 cm³/mol. The number of ether oxygens (including phenoxy) is 2. The van der Waals surface area contributed by atoms with E-state index < -0.39 is 0 Å². The Morgan fingerprint density at radius 3 is 2.47 bits per heavy atom. The van der Waals surface area contributed by atoms with Gasteiger partial charge in [0, 0.05) is 12.7 Å². The van der Waals surface area contributed by atoms with Crippen molar-refractivity contribution in [2.75, 3.05) is 26.1 Å². The maximum atomic E-state index is 5.54. The Bertz CT molecular complexity index is 782. The molecule has 166 valence electrons. The van der Waals surface area contributed by atoms with Crippen LogP contribution in [0.1, 0.15) is 53.9 Å². The van der Waals surface area contributed by atoms with Gasteiger partial charge in [-0.15, -0.1) is 0 Å². The van der Waals surface area contributed by atoms with Gasteiger partial charge >= 0.3 is 0 Å². The molecule has 0 atom stereocenters. The number of methoxy groups -OCH3 is 1. The van der Waals surface area contributed by atoms with Gasteiger partial charge in [0.15, 0.2) is 5.82 Å². The Morgan fingerprint density at radius 1 is 1.10 bits per heavy atom. The third-order valence-corrected chi connectivity index (χ3v) is 4.23. The molecule has 0 aliphatic rings. The Labute approximate surface area is 181 Å². The van der Waals surface area contributed by atoms with Crippen LogP contribution in [0.15, 0.2) is 58.9 Å². The Hall–Kier alpha value is -2.80. The van der Waals surface area contributed by atoms with Crippen LogP contribution in [0.25, 0.3) is 0 Å². The lowest BCUT2D eigenvalue weighted by molar-refractivity contribution is 0.300. The van der Waals surface area contributed by atoms with Crippen molar-refractivity contribution in [3.05, 3.63) is 58.9 Å². The fourth-order valence-electron chi connectivity index (χ4n) is 2.87. The average Bonchev–Trinajstić information content (AvgIpc) is 2.73. The summed E-state index contributed by atoms with van der Waals surface area (Å²) in [4.78, 5) is 8.70. The van der Waals surface area contributed by atoms with Crippen molar-refractivity contribution < 1.29 is 9.47 Å². The molecule has 1 aromatic rings. The molecule has 3 N–H and O–H groups in total. The van der Waals surface area contributed by atoms with Crippen LogP contribution in [0.4, 0.5) is 5.82 Å². The number of hydrogen-bond donors (Lipinski definition) is 3. The maximum absolute atomic E-state index is 5.54. The van der Waals surface area contributed by atoms with Gasteiger partial charge in [-0.2, -0.15) is 4.98 Å². The number of anilines is 1. The van der Waals surface area contributed by atoms with E-state index in [2.05, 4.69) is 59.9 Å². The van der Waals surface area contributed by atoms with Gasteiger partial charge in [-0.25, -0.2) is 5.43 Å². The van der Waals surface area contributed by atoms with Crippen LogP contribution in [-0.2, 0) is 4.74 Å². The Balaban J connectivity index is 3.32. The first kappa shape index (κ1) is 25.2. The van der Waals surface area contributed by atoms with Gasteiger partial charge < -0.3 is 20.2 Å². The summed E-state index contributed by atoms with van der Waals surface area (Å²) < 4.78 is 11.0. The molecule has 0 spiro atoms. The summed E-state index contributed by atoms with van der Waals surface area (Å²) in [5.41, 5.74) is 10.4. The minimum atomic E-state index is 0.500. The van der Waals surface area contributed by atoms with Crippen molar-refractivity contribution in [2.45, 2.75) is 53.9 Å². The molecule has 0 radical (unpaired) electrons. The molecule has 0 amide bonds. The van der Waals surface area contributed by atoms with E-state index in [0.717, 1.165) is 47.6 Å². The monoisotopic (exact) mass is 415 g/mol. The molecule has 0 saturated carbocycles. The highest BCUT2D eigenvalue weighted by molar-refractivity contribution is 5.46. The molecule has 0 aliphatic heterocycles. The third-order valence-electron chi connectivity index (χ3n) is 4.23. The van der Waals surface area contributed by atoms with E-state index in [1.54, 1.807) is 19.5 Å². The summed E-state index contributed by atoms with van der Waals surface area (Å²) in [7, 11) is 3.54. The smallest absolute Gasteiger partial charge is 0.234 e. The van der Waals surface area contributed by atoms with Crippen molar-refractivity contribution in [2.24, 2.45) is 0 Å². The summed E-state index contributed by atoms with van der Waals surface area (Å²) in [6, 6.07) is 0. The lowest BCUT2D eigenvalue weighted by atomic mass is 10.1. The van der Waals surface area contributed by atoms with E-state index in [0.29, 0.717) is 18.3 Å². The van der Waals surface area contributed by atoms with Gasteiger partial charge in [0.1, 0.15) is 5.76 Å². The average molecular weight is 416 g/mol. The van der Waals surface area contributed by atoms with Gasteiger partial charge in [-0.3, -0.25) is 4.98 Å². The molecule has 0 aliphatic carbocycles. The molecule has 0 fully saturated rings. The zero-order chi connectivity index (χ0) is 22.4. The van der Waals surface area contributed by atoms with Crippen molar-refractivity contribution in [1.29, 1.82) is 0 Å². The highest BCUT2D eigenvalue weighted by Crippen LogP contribution is 2.20. The minimum absolute atomic E-state index is 0.500. The molecule has 1 rings (SSSR count). The molecule has 0 saturated heterocycles. The number of allylic oxidation sites excluding steroid dienone is 6. The van der Waals surface area contributed by atoms with Crippen molar-refractivity contribution >= 4 is 5.82 Å². The van der Waals surface area contributed by atoms with E-state index in [1.807, 2.05) is 26.1 Å². The summed E-state index contributed by atoms with van der Waals surface area (Å²) in [5.74, 6) is 1.99. The molecule has 0 unspecified atom stereocenters. The zero-order valence-electron chi connectivity index (χ0n) is 19.4. The molecule has 1 heterocycles. The highest BCUT2D eigenvalue weighted by atomic mass is 16.5. The molecule has 0 aromatic carbocycles. The van der Waals surface area contributed by atoms with Crippen LogP contribution < -0.4 is 20.9 Å². The second kappa shape index (κ2) is 14.2. The Kier molecular flexibility index (Phi) is 12.0. The normalized spacial score (nSPS) is 13.6. The SMILES string of the molecule is CC/C=C(C)/C(=C\C=C(C)\C(NNC)=C(\CCC)Nc1cncc(OCC)n1)OC. The predicted octanol–water partition coefficient (Wildman–Crippen LogP) is 4.86. The number of aromatic nitrogens is 2. The molecular formula is C23H37N5O2. The van der Waals surface area contributed by atoms with Gasteiger partial charge in [0.2, 0.25) is 5.88 Å². The summed E-state index contributed by atoms with van der Waals surface area (Å²) in [5, 5.41) is 3.41. The minimum Gasteiger partial charge on any atom is -0.497 e. The lowest BCUT2D eigenvalue weighted by Crippen LogP contribution is -2.30. The molecule has 0 bridgehead atoms. The first-order valence-electron chi connectivity index (χ1n) is 10.5. The number of nitrogens with zero attached hydrogens (tertiary/aromatic N) is 2. The van der Waals surface area contributed by atoms with Crippen LogP contribution in [0.5, 0.6) is 5.88 Å². The standard InChI is InChI=1S/C23H37N5O2/c1-8-11-17(4)20(29-7)14-13-18(5)23(28-24-6)19(12-9-2)26-21-15-25-16-22(27-21)30-10-3/h11,13-16,24,28H,8-10,12H2,1-7H3,(H,26,27)/b17-11+,18-13+,20-14+,23-19+. The van der Waals surface area contributed by atoms with Crippen LogP contribution >= 0.6 is 0 Å². The van der Waals surface area contributed by atoms with Crippen LogP contribution in [0, 0.1) is 0 Å². The van der Waals surface area contributed by atoms with Gasteiger partial charge in [-0.1, -0.05) is 32.4 Å². The molecule has 30 heavy (non-hydrogen) atoms. The molecule has 7 heteroatoms. The first-order valence-corrected chi connectivity index (χ1v) is 10.5. The van der Waals surface area contributed by atoms with Crippen molar-refractivity contribution in [1.82, 2.24) is 20.8 Å². The van der Waals surface area contributed by atoms with Crippen molar-refractivity contribution in [3.63, 3.8) is 0 Å². The Morgan fingerprint density at radius 2 is 1.87 bits per heavy atom. The van der Waals surface area contributed by atoms with Crippen LogP contribution in [0.3, 0.4) is 0 Å². The number of rotatable bonds is 13. The van der Waals surface area contributed by atoms with E-state index in [4.69, 9.17) is 9.47 Å². The number of hydrogen-bond acceptors (Lipinski definition) is 7. The third kappa shape index (κ3) is 8.29. The first-order chi connectivity index (χ1) is 14.5. The quantitative estimate of drug-likeness (QED) is 0.241. The molecule has 7 nitrogen and oxygen atoms in total. The summed E-state index contributed by atoms with van der Waals surface area (Å²) in [6.45, 7) is 10.8. The summed E-state index contributed by atoms with van der Waals surface area (Å²) >= 11 is 0. The largest absolute Gasteiger partial charge is 0.497 e. The van der Waals surface area contributed by atoms with Crippen LogP contribution in [0.2, 0.25) is 0 Å². The van der Waals surface area contributed by atoms with E-state index in [1.165, 1.54) is 0 Å². The van der Waals surface area contributed by atoms with Crippen LogP contribution in [-0.4, -0.2) is 30.7 Å². The summed E-state index contributed by atoms with van der Waals surface area (Å²) in [6.07, 6.45) is 12.3. The van der Waals surface area contributed by atoms with Crippen molar-refractivity contribution in [3.8, 4) is 5.88 Å². The zero-order valence-corrected chi connectivity index (χ0v) is 19.4. The van der Waals surface area contributed by atoms with Gasteiger partial charge in [-0.05, 0) is 50.8 Å². The van der Waals surface area contributed by atoms with Gasteiger partial charge in [0.25, 0.3) is 0 Å². The topological polar surface area (TPSA) is 80.3 Å².